The third kappa shape index (κ3) is 0.581. The van der Waals surface area contributed by atoms with Crippen LogP contribution in [0.25, 0.3) is 0 Å². The summed E-state index contributed by atoms with van der Waals surface area (Å²) in [4.78, 5) is 0. The van der Waals surface area contributed by atoms with E-state index in [1.807, 2.05) is 0 Å². The van der Waals surface area contributed by atoms with E-state index in [1.165, 1.54) is 19.4 Å². The molecule has 1 saturated heterocycles. The quantitative estimate of drug-likeness (QED) is 0.555. The highest BCUT2D eigenvalue weighted by Crippen LogP contribution is 2.61. The summed E-state index contributed by atoms with van der Waals surface area (Å²) in [5.41, 5.74) is 0.657. The number of hydrogen-bond acceptors (Lipinski definition) is 1. The topological polar surface area (TPSA) is 12.0 Å². The molecule has 2 saturated carbocycles. The number of hydrogen-bond donors (Lipinski definition) is 1. The van der Waals surface area contributed by atoms with E-state index in [-0.39, 0.29) is 0 Å². The van der Waals surface area contributed by atoms with Gasteiger partial charge in [0, 0.05) is 6.04 Å². The van der Waals surface area contributed by atoms with Crippen molar-refractivity contribution in [3.8, 4) is 0 Å². The van der Waals surface area contributed by atoms with Gasteiger partial charge in [0.2, 0.25) is 0 Å². The molecular formula is C10H17N. The average Bonchev–Trinajstić information content (AvgIpc) is 2.41. The van der Waals surface area contributed by atoms with Crippen LogP contribution >= 0.6 is 0 Å². The highest BCUT2D eigenvalue weighted by atomic mass is 15.0. The summed E-state index contributed by atoms with van der Waals surface area (Å²) in [6, 6.07) is 0.915. The van der Waals surface area contributed by atoms with E-state index in [0.29, 0.717) is 5.41 Å². The minimum Gasteiger partial charge on any atom is -0.313 e. The first-order valence-corrected chi connectivity index (χ1v) is 4.93. The Bertz CT molecular complexity index is 195. The fourth-order valence-electron chi connectivity index (χ4n) is 3.90. The smallest absolute Gasteiger partial charge is 0.0102 e. The molecule has 3 fully saturated rings. The van der Waals surface area contributed by atoms with Gasteiger partial charge in [-0.25, -0.2) is 0 Å². The second-order valence-electron chi connectivity index (χ2n) is 5.27. The molecule has 1 nitrogen and oxygen atoms in total. The van der Waals surface area contributed by atoms with Crippen molar-refractivity contribution in [3.05, 3.63) is 0 Å². The maximum atomic E-state index is 3.67. The van der Waals surface area contributed by atoms with E-state index < -0.39 is 0 Å². The van der Waals surface area contributed by atoms with Crippen LogP contribution in [0.5, 0.6) is 0 Å². The second-order valence-corrected chi connectivity index (χ2v) is 5.27. The van der Waals surface area contributed by atoms with Gasteiger partial charge in [-0.15, -0.1) is 0 Å². The molecule has 1 heteroatoms. The Balaban J connectivity index is 2.04. The van der Waals surface area contributed by atoms with Crippen molar-refractivity contribution in [2.75, 3.05) is 6.54 Å². The summed E-state index contributed by atoms with van der Waals surface area (Å²) in [6.07, 6.45) is 2.99. The second kappa shape index (κ2) is 1.66. The van der Waals surface area contributed by atoms with Gasteiger partial charge in [0.25, 0.3) is 0 Å². The molecule has 62 valence electrons. The molecule has 4 unspecified atom stereocenters. The van der Waals surface area contributed by atoms with Crippen molar-refractivity contribution in [3.63, 3.8) is 0 Å². The van der Waals surface area contributed by atoms with Crippen LogP contribution in [0, 0.1) is 23.2 Å². The number of rotatable bonds is 0. The third-order valence-electron chi connectivity index (χ3n) is 4.74. The molecule has 4 atom stereocenters. The summed E-state index contributed by atoms with van der Waals surface area (Å²) in [6.45, 7) is 6.26. The zero-order chi connectivity index (χ0) is 7.64. The van der Waals surface area contributed by atoms with Gasteiger partial charge in [0.05, 0.1) is 0 Å². The zero-order valence-electron chi connectivity index (χ0n) is 7.43. The standard InChI is InChI=1S/C10H17N/c1-10(2)6-3-7-8(10)5-11-9(7)4-6/h6-9,11H,3-5H2,1-2H3. The Labute approximate surface area is 68.6 Å². The van der Waals surface area contributed by atoms with Crippen LogP contribution in [0.3, 0.4) is 0 Å². The van der Waals surface area contributed by atoms with Crippen LogP contribution in [0.15, 0.2) is 0 Å². The average molecular weight is 151 g/mol. The maximum Gasteiger partial charge on any atom is 0.0102 e. The van der Waals surface area contributed by atoms with Crippen LogP contribution in [-0.2, 0) is 0 Å². The summed E-state index contributed by atoms with van der Waals surface area (Å²) >= 11 is 0. The summed E-state index contributed by atoms with van der Waals surface area (Å²) in [5, 5.41) is 3.67. The van der Waals surface area contributed by atoms with E-state index >= 15 is 0 Å². The van der Waals surface area contributed by atoms with Gasteiger partial charge < -0.3 is 5.32 Å². The molecule has 2 aliphatic carbocycles. The lowest BCUT2D eigenvalue weighted by atomic mass is 9.70. The van der Waals surface area contributed by atoms with Gasteiger partial charge in [-0.1, -0.05) is 13.8 Å². The van der Waals surface area contributed by atoms with Crippen molar-refractivity contribution in [2.45, 2.75) is 32.7 Å². The minimum absolute atomic E-state index is 0.657. The largest absolute Gasteiger partial charge is 0.313 e. The van der Waals surface area contributed by atoms with E-state index in [1.54, 1.807) is 0 Å². The maximum absolute atomic E-state index is 3.67. The van der Waals surface area contributed by atoms with E-state index in [4.69, 9.17) is 0 Å². The number of nitrogens with one attached hydrogen (secondary N) is 1. The Hall–Kier alpha value is -0.0400. The van der Waals surface area contributed by atoms with Gasteiger partial charge in [0.15, 0.2) is 0 Å². The molecule has 1 N–H and O–H groups in total. The lowest BCUT2D eigenvalue weighted by Crippen LogP contribution is -2.32. The Morgan fingerprint density at radius 3 is 2.73 bits per heavy atom. The van der Waals surface area contributed by atoms with E-state index in [0.717, 1.165) is 23.8 Å². The molecule has 0 radical (unpaired) electrons. The van der Waals surface area contributed by atoms with Gasteiger partial charge in [0.1, 0.15) is 0 Å². The van der Waals surface area contributed by atoms with Gasteiger partial charge in [-0.2, -0.15) is 0 Å². The molecular weight excluding hydrogens is 134 g/mol. The van der Waals surface area contributed by atoms with Crippen LogP contribution in [-0.4, -0.2) is 12.6 Å². The Morgan fingerprint density at radius 2 is 2.09 bits per heavy atom. The summed E-state index contributed by atoms with van der Waals surface area (Å²) in [7, 11) is 0. The first-order chi connectivity index (χ1) is 5.19. The predicted molar refractivity (Wildman–Crippen MR) is 45.3 cm³/mol. The van der Waals surface area contributed by atoms with Crippen LogP contribution in [0.1, 0.15) is 26.7 Å². The monoisotopic (exact) mass is 151 g/mol. The molecule has 11 heavy (non-hydrogen) atoms. The van der Waals surface area contributed by atoms with Crippen LogP contribution < -0.4 is 5.32 Å². The third-order valence-corrected chi connectivity index (χ3v) is 4.74. The normalized spacial score (nSPS) is 57.3. The Kier molecular flexibility index (Phi) is 0.976. The van der Waals surface area contributed by atoms with Crippen molar-refractivity contribution in [1.29, 1.82) is 0 Å². The van der Waals surface area contributed by atoms with Gasteiger partial charge >= 0.3 is 0 Å². The summed E-state index contributed by atoms with van der Waals surface area (Å²) < 4.78 is 0. The van der Waals surface area contributed by atoms with E-state index in [2.05, 4.69) is 19.2 Å². The van der Waals surface area contributed by atoms with Gasteiger partial charge in [-0.3, -0.25) is 0 Å². The minimum atomic E-state index is 0.657. The molecule has 3 rings (SSSR count). The molecule has 1 heterocycles. The molecule has 3 aliphatic rings. The van der Waals surface area contributed by atoms with Crippen LogP contribution in [0.2, 0.25) is 0 Å². The molecule has 1 aliphatic heterocycles. The highest BCUT2D eigenvalue weighted by Gasteiger charge is 2.59. The van der Waals surface area contributed by atoms with Crippen molar-refractivity contribution >= 4 is 0 Å². The fourth-order valence-corrected chi connectivity index (χ4v) is 3.90. The van der Waals surface area contributed by atoms with Crippen molar-refractivity contribution < 1.29 is 0 Å². The molecule has 0 aromatic rings. The van der Waals surface area contributed by atoms with Crippen molar-refractivity contribution in [1.82, 2.24) is 5.32 Å². The predicted octanol–water partition coefficient (Wildman–Crippen LogP) is 1.64. The molecule has 2 bridgehead atoms. The Morgan fingerprint density at radius 1 is 1.27 bits per heavy atom. The lowest BCUT2D eigenvalue weighted by molar-refractivity contribution is 0.154. The summed E-state index contributed by atoms with van der Waals surface area (Å²) in [5.74, 6) is 3.10. The number of fused-ring (bicyclic) bond motifs is 1. The molecule has 0 aromatic carbocycles. The van der Waals surface area contributed by atoms with Crippen molar-refractivity contribution in [2.24, 2.45) is 23.2 Å². The van der Waals surface area contributed by atoms with Crippen LogP contribution in [0.4, 0.5) is 0 Å². The lowest BCUT2D eigenvalue weighted by Gasteiger charge is -2.34. The first-order valence-electron chi connectivity index (χ1n) is 4.93. The fraction of sp³-hybridized carbons (Fsp3) is 1.00. The molecule has 0 spiro atoms. The SMILES string of the molecule is CC1(C)C2CC3NCC1C3C2. The zero-order valence-corrected chi connectivity index (χ0v) is 7.43. The van der Waals surface area contributed by atoms with E-state index in [9.17, 15) is 0 Å². The highest BCUT2D eigenvalue weighted by molar-refractivity contribution is 5.12. The molecule has 0 amide bonds. The molecule has 0 aromatic heterocycles. The van der Waals surface area contributed by atoms with Gasteiger partial charge in [-0.05, 0) is 42.6 Å². The first kappa shape index (κ1) is 6.47.